The number of amides is 1. The van der Waals surface area contributed by atoms with Gasteiger partial charge in [0.05, 0.1) is 11.0 Å². The van der Waals surface area contributed by atoms with Gasteiger partial charge in [0.15, 0.2) is 0 Å². The first-order valence-electron chi connectivity index (χ1n) is 9.10. The second-order valence-electron chi connectivity index (χ2n) is 6.57. The second-order valence-corrected chi connectivity index (χ2v) is 7.66. The summed E-state index contributed by atoms with van der Waals surface area (Å²) in [6.45, 7) is 3.83. The number of hydrogen-bond acceptors (Lipinski definition) is 5. The summed E-state index contributed by atoms with van der Waals surface area (Å²) in [4.78, 5) is 23.3. The van der Waals surface area contributed by atoms with Crippen LogP contribution in [-0.2, 0) is 0 Å². The quantitative estimate of drug-likeness (QED) is 0.723. The fourth-order valence-electron chi connectivity index (χ4n) is 3.45. The summed E-state index contributed by atoms with van der Waals surface area (Å²) < 4.78 is 1.09. The molecule has 1 amide bonds. The first-order chi connectivity index (χ1) is 12.8. The van der Waals surface area contributed by atoms with Crippen molar-refractivity contribution >= 4 is 32.3 Å². The van der Waals surface area contributed by atoms with Gasteiger partial charge in [-0.2, -0.15) is 0 Å². The number of pyridine rings is 2. The Bertz CT molecular complexity index is 903. The zero-order valence-corrected chi connectivity index (χ0v) is 15.6. The van der Waals surface area contributed by atoms with E-state index in [2.05, 4.69) is 34.3 Å². The normalized spacial score (nSPS) is 15.3. The van der Waals surface area contributed by atoms with Crippen molar-refractivity contribution in [2.24, 2.45) is 0 Å². The molecule has 1 saturated heterocycles. The van der Waals surface area contributed by atoms with E-state index < -0.39 is 0 Å². The van der Waals surface area contributed by atoms with Crippen molar-refractivity contribution in [2.75, 3.05) is 18.4 Å². The molecule has 134 valence electrons. The molecule has 5 nitrogen and oxygen atoms in total. The number of hydrogen-bond donors (Lipinski definition) is 1. The fraction of sp³-hybridized carbons (Fsp3) is 0.350. The van der Waals surface area contributed by atoms with Crippen molar-refractivity contribution in [3.8, 4) is 0 Å². The first-order valence-corrected chi connectivity index (χ1v) is 9.92. The van der Waals surface area contributed by atoms with Crippen LogP contribution in [0.1, 0.15) is 48.3 Å². The van der Waals surface area contributed by atoms with E-state index in [1.807, 2.05) is 23.2 Å². The molecule has 0 spiro atoms. The maximum atomic E-state index is 12.8. The summed E-state index contributed by atoms with van der Waals surface area (Å²) in [6.07, 6.45) is 8.56. The third-order valence-corrected chi connectivity index (χ3v) is 5.88. The Morgan fingerprint density at radius 1 is 1.31 bits per heavy atom. The lowest BCUT2D eigenvalue weighted by atomic mass is 10.1. The number of aromatic nitrogens is 2. The van der Waals surface area contributed by atoms with Crippen LogP contribution < -0.4 is 5.32 Å². The van der Waals surface area contributed by atoms with E-state index >= 15 is 0 Å². The Balaban J connectivity index is 1.63. The number of fused-ring (bicyclic) bond motifs is 1. The zero-order chi connectivity index (χ0) is 17.9. The molecule has 6 heteroatoms. The van der Waals surface area contributed by atoms with Crippen LogP contribution in [0.15, 0.2) is 42.9 Å². The number of carbonyl (C=O) groups is 1. The minimum Gasteiger partial charge on any atom is -0.370 e. The van der Waals surface area contributed by atoms with E-state index in [0.29, 0.717) is 5.69 Å². The van der Waals surface area contributed by atoms with Gasteiger partial charge < -0.3 is 10.2 Å². The molecular weight excluding hydrogens is 344 g/mol. The van der Waals surface area contributed by atoms with Crippen LogP contribution in [-0.4, -0.2) is 33.9 Å². The number of rotatable bonds is 5. The maximum Gasteiger partial charge on any atom is 0.273 e. The molecule has 3 aromatic rings. The van der Waals surface area contributed by atoms with Crippen molar-refractivity contribution in [1.82, 2.24) is 14.9 Å². The molecule has 1 N–H and O–H groups in total. The highest BCUT2D eigenvalue weighted by Gasteiger charge is 2.23. The van der Waals surface area contributed by atoms with Crippen LogP contribution in [0.4, 0.5) is 5.00 Å². The summed E-state index contributed by atoms with van der Waals surface area (Å²) in [5.74, 6) is 0.0525. The molecule has 4 heterocycles. The molecule has 26 heavy (non-hydrogen) atoms. The van der Waals surface area contributed by atoms with Gasteiger partial charge in [0.1, 0.15) is 5.69 Å². The average molecular weight is 366 g/mol. The van der Waals surface area contributed by atoms with E-state index in [0.717, 1.165) is 47.4 Å². The standard InChI is InChI=1S/C20H22N4OS/c1-2-16(14-6-5-8-21-13-14)23-18-12-15-17(26-18)7-9-22-19(15)20(25)24-10-3-4-11-24/h5-9,12-13,16,23H,2-4,10-11H2,1H3. The van der Waals surface area contributed by atoms with Crippen molar-refractivity contribution in [1.29, 1.82) is 0 Å². The molecule has 1 aliphatic rings. The Kier molecular flexibility index (Phi) is 4.84. The Morgan fingerprint density at radius 2 is 2.15 bits per heavy atom. The largest absolute Gasteiger partial charge is 0.370 e. The molecule has 1 fully saturated rings. The summed E-state index contributed by atoms with van der Waals surface area (Å²) in [6, 6.07) is 8.29. The van der Waals surface area contributed by atoms with Gasteiger partial charge in [0, 0.05) is 41.8 Å². The lowest BCUT2D eigenvalue weighted by molar-refractivity contribution is 0.0789. The highest BCUT2D eigenvalue weighted by atomic mass is 32.1. The predicted octanol–water partition coefficient (Wildman–Crippen LogP) is 4.49. The van der Waals surface area contributed by atoms with Gasteiger partial charge in [-0.05, 0) is 43.0 Å². The predicted molar refractivity (Wildman–Crippen MR) is 106 cm³/mol. The number of nitrogens with zero attached hydrogens (tertiary/aromatic N) is 3. The first kappa shape index (κ1) is 17.0. The van der Waals surface area contributed by atoms with Gasteiger partial charge in [-0.25, -0.2) is 0 Å². The third kappa shape index (κ3) is 3.29. The van der Waals surface area contributed by atoms with Crippen LogP contribution in [0.5, 0.6) is 0 Å². The van der Waals surface area contributed by atoms with E-state index in [9.17, 15) is 4.79 Å². The minimum absolute atomic E-state index is 0.0525. The number of thiophene rings is 1. The van der Waals surface area contributed by atoms with E-state index in [-0.39, 0.29) is 11.9 Å². The zero-order valence-electron chi connectivity index (χ0n) is 14.8. The minimum atomic E-state index is 0.0525. The van der Waals surface area contributed by atoms with Crippen LogP contribution in [0.3, 0.4) is 0 Å². The van der Waals surface area contributed by atoms with Crippen molar-refractivity contribution in [3.63, 3.8) is 0 Å². The molecule has 4 rings (SSSR count). The molecule has 0 bridgehead atoms. The van der Waals surface area contributed by atoms with Crippen LogP contribution in [0, 0.1) is 0 Å². The highest BCUT2D eigenvalue weighted by molar-refractivity contribution is 7.22. The van der Waals surface area contributed by atoms with Gasteiger partial charge in [-0.15, -0.1) is 11.3 Å². The monoisotopic (exact) mass is 366 g/mol. The average Bonchev–Trinajstić information content (AvgIpc) is 3.35. The van der Waals surface area contributed by atoms with Gasteiger partial charge in [-0.1, -0.05) is 13.0 Å². The lowest BCUT2D eigenvalue weighted by Gasteiger charge is -2.16. The van der Waals surface area contributed by atoms with E-state index in [1.54, 1.807) is 23.7 Å². The van der Waals surface area contributed by atoms with Gasteiger partial charge in [-0.3, -0.25) is 14.8 Å². The highest BCUT2D eigenvalue weighted by Crippen LogP contribution is 2.34. The summed E-state index contributed by atoms with van der Waals surface area (Å²) in [5.41, 5.74) is 1.74. The van der Waals surface area contributed by atoms with Gasteiger partial charge in [0.2, 0.25) is 0 Å². The Morgan fingerprint density at radius 3 is 2.88 bits per heavy atom. The molecule has 0 radical (unpaired) electrons. The van der Waals surface area contributed by atoms with Crippen molar-refractivity contribution in [3.05, 3.63) is 54.1 Å². The smallest absolute Gasteiger partial charge is 0.273 e. The van der Waals surface area contributed by atoms with Gasteiger partial charge in [0.25, 0.3) is 5.91 Å². The molecule has 1 aliphatic heterocycles. The summed E-state index contributed by atoms with van der Waals surface area (Å²) in [7, 11) is 0. The molecule has 1 unspecified atom stereocenters. The van der Waals surface area contributed by atoms with Crippen LogP contribution in [0.2, 0.25) is 0 Å². The van der Waals surface area contributed by atoms with E-state index in [4.69, 9.17) is 0 Å². The Labute approximate surface area is 157 Å². The third-order valence-electron chi connectivity index (χ3n) is 4.85. The Hall–Kier alpha value is -2.47. The number of nitrogens with one attached hydrogen (secondary N) is 1. The SMILES string of the molecule is CCC(Nc1cc2c(C(=O)N3CCCC3)nccc2s1)c1cccnc1. The number of anilines is 1. The second kappa shape index (κ2) is 7.41. The number of carbonyl (C=O) groups excluding carboxylic acids is 1. The maximum absolute atomic E-state index is 12.8. The van der Waals surface area contributed by atoms with Gasteiger partial charge >= 0.3 is 0 Å². The number of likely N-dealkylation sites (tertiary alicyclic amines) is 1. The molecule has 3 aromatic heterocycles. The molecule has 0 aliphatic carbocycles. The molecule has 0 saturated carbocycles. The van der Waals surface area contributed by atoms with Crippen molar-refractivity contribution in [2.45, 2.75) is 32.2 Å². The van der Waals surface area contributed by atoms with Crippen LogP contribution in [0.25, 0.3) is 10.1 Å². The molecular formula is C20H22N4OS. The van der Waals surface area contributed by atoms with Crippen LogP contribution >= 0.6 is 11.3 Å². The topological polar surface area (TPSA) is 58.1 Å². The lowest BCUT2D eigenvalue weighted by Crippen LogP contribution is -2.28. The summed E-state index contributed by atoms with van der Waals surface area (Å²) >= 11 is 1.67. The fourth-order valence-corrected chi connectivity index (χ4v) is 4.46. The molecule has 0 aromatic carbocycles. The molecule has 1 atom stereocenters. The van der Waals surface area contributed by atoms with Crippen molar-refractivity contribution < 1.29 is 4.79 Å². The van der Waals surface area contributed by atoms with E-state index in [1.165, 1.54) is 5.56 Å². The summed E-state index contributed by atoms with van der Waals surface area (Å²) in [5, 5.41) is 5.59.